The number of nitrogens with zero attached hydrogens (tertiary/aromatic N) is 2. The lowest BCUT2D eigenvalue weighted by atomic mass is 9.99. The first-order chi connectivity index (χ1) is 7.89. The van der Waals surface area contributed by atoms with E-state index in [9.17, 15) is 22.4 Å². The Balaban J connectivity index is 2.41. The zero-order valence-corrected chi connectivity index (χ0v) is 9.48. The molecule has 0 spiro atoms. The molecule has 0 bridgehead atoms. The Morgan fingerprint density at radius 3 is 2.71 bits per heavy atom. The topological polar surface area (TPSA) is 80.5 Å². The van der Waals surface area contributed by atoms with E-state index in [1.165, 1.54) is 12.1 Å². The fraction of sp³-hybridized carbons (Fsp3) is 0.333. The van der Waals surface area contributed by atoms with Gasteiger partial charge in [0.15, 0.2) is 0 Å². The van der Waals surface area contributed by atoms with Crippen LogP contribution in [0.25, 0.3) is 0 Å². The molecule has 92 valence electrons. The number of nitro benzene ring substituents is 1. The minimum Gasteiger partial charge on any atom is -0.258 e. The van der Waals surface area contributed by atoms with Gasteiger partial charge in [0, 0.05) is 24.7 Å². The van der Waals surface area contributed by atoms with Crippen molar-refractivity contribution in [2.75, 3.05) is 6.54 Å². The van der Waals surface area contributed by atoms with Crippen molar-refractivity contribution in [1.82, 2.24) is 4.31 Å². The smallest absolute Gasteiger partial charge is 0.258 e. The van der Waals surface area contributed by atoms with E-state index in [0.29, 0.717) is 15.4 Å². The van der Waals surface area contributed by atoms with Crippen molar-refractivity contribution in [2.24, 2.45) is 0 Å². The number of fused-ring (bicyclic) bond motifs is 1. The average Bonchev–Trinajstić information content (AvgIpc) is 2.26. The monoisotopic (exact) mass is 260 g/mol. The largest absolute Gasteiger partial charge is 0.375 e. The molecule has 1 heterocycles. The summed E-state index contributed by atoms with van der Waals surface area (Å²) in [5, 5.41) is 10.8. The minimum atomic E-state index is -4.74. The molecule has 0 amide bonds. The number of benzene rings is 1. The van der Waals surface area contributed by atoms with Crippen LogP contribution in [-0.2, 0) is 23.4 Å². The Bertz CT molecular complexity index is 572. The van der Waals surface area contributed by atoms with Crippen LogP contribution in [0.1, 0.15) is 11.1 Å². The van der Waals surface area contributed by atoms with E-state index in [1.54, 1.807) is 6.07 Å². The van der Waals surface area contributed by atoms with E-state index in [1.807, 2.05) is 0 Å². The molecule has 0 radical (unpaired) electrons. The van der Waals surface area contributed by atoms with Crippen molar-refractivity contribution >= 4 is 16.1 Å². The maximum atomic E-state index is 12.8. The van der Waals surface area contributed by atoms with Crippen LogP contribution in [-0.4, -0.2) is 24.2 Å². The van der Waals surface area contributed by atoms with Crippen LogP contribution in [0.4, 0.5) is 9.57 Å². The summed E-state index contributed by atoms with van der Waals surface area (Å²) in [5.74, 6) is 0. The van der Waals surface area contributed by atoms with E-state index in [0.717, 1.165) is 0 Å². The Hall–Kier alpha value is -1.54. The molecule has 0 aromatic heterocycles. The summed E-state index contributed by atoms with van der Waals surface area (Å²) in [6.45, 7) is -0.230. The van der Waals surface area contributed by atoms with Gasteiger partial charge in [-0.25, -0.2) is 0 Å². The lowest BCUT2D eigenvalue weighted by Crippen LogP contribution is -2.33. The van der Waals surface area contributed by atoms with Crippen LogP contribution in [0, 0.1) is 10.1 Å². The van der Waals surface area contributed by atoms with Gasteiger partial charge in [-0.15, -0.1) is 0 Å². The SMILES string of the molecule is O=[N+]([O-])c1cccc2c1CCN(S(=O)(=O)F)C2. The van der Waals surface area contributed by atoms with Gasteiger partial charge in [0.25, 0.3) is 5.69 Å². The Morgan fingerprint density at radius 2 is 2.12 bits per heavy atom. The van der Waals surface area contributed by atoms with Gasteiger partial charge in [-0.1, -0.05) is 16.0 Å². The molecular weight excluding hydrogens is 251 g/mol. The fourth-order valence-corrected chi connectivity index (χ4v) is 2.52. The predicted octanol–water partition coefficient (Wildman–Crippen LogP) is 1.17. The highest BCUT2D eigenvalue weighted by Crippen LogP contribution is 2.28. The molecule has 1 aliphatic heterocycles. The first-order valence-corrected chi connectivity index (χ1v) is 6.18. The molecule has 2 rings (SSSR count). The van der Waals surface area contributed by atoms with Crippen molar-refractivity contribution in [3.05, 3.63) is 39.4 Å². The minimum absolute atomic E-state index is 0.0431. The molecule has 0 atom stereocenters. The van der Waals surface area contributed by atoms with Gasteiger partial charge in [-0.3, -0.25) is 10.1 Å². The fourth-order valence-electron chi connectivity index (χ4n) is 1.92. The lowest BCUT2D eigenvalue weighted by Gasteiger charge is -2.24. The second kappa shape index (κ2) is 4.04. The number of nitro groups is 1. The molecule has 0 aliphatic carbocycles. The van der Waals surface area contributed by atoms with Gasteiger partial charge < -0.3 is 0 Å². The third-order valence-corrected chi connectivity index (χ3v) is 3.64. The molecule has 1 aromatic rings. The standard InChI is InChI=1S/C9H9FN2O4S/c10-17(15,16)11-5-4-8-7(6-11)2-1-3-9(8)12(13)14/h1-3H,4-6H2. The normalized spacial score (nSPS) is 16.5. The highest BCUT2D eigenvalue weighted by atomic mass is 32.3. The van der Waals surface area contributed by atoms with Gasteiger partial charge in [0.1, 0.15) is 0 Å². The maximum Gasteiger partial charge on any atom is 0.375 e. The summed E-state index contributed by atoms with van der Waals surface area (Å²) < 4.78 is 34.9. The van der Waals surface area contributed by atoms with Gasteiger partial charge in [-0.05, 0) is 12.0 Å². The quantitative estimate of drug-likeness (QED) is 0.454. The second-order valence-corrected chi connectivity index (χ2v) is 5.04. The molecule has 8 heteroatoms. The molecule has 17 heavy (non-hydrogen) atoms. The third kappa shape index (κ3) is 2.27. The number of halogens is 1. The van der Waals surface area contributed by atoms with Gasteiger partial charge in [0.05, 0.1) is 4.92 Å². The van der Waals surface area contributed by atoms with Crippen LogP contribution in [0.15, 0.2) is 18.2 Å². The van der Waals surface area contributed by atoms with Crippen molar-refractivity contribution in [2.45, 2.75) is 13.0 Å². The third-order valence-electron chi connectivity index (χ3n) is 2.71. The number of rotatable bonds is 2. The molecule has 6 nitrogen and oxygen atoms in total. The Kier molecular flexibility index (Phi) is 2.84. The zero-order chi connectivity index (χ0) is 12.6. The number of hydrogen-bond acceptors (Lipinski definition) is 4. The van der Waals surface area contributed by atoms with E-state index < -0.39 is 15.3 Å². The summed E-state index contributed by atoms with van der Waals surface area (Å²) in [7, 11) is -4.74. The van der Waals surface area contributed by atoms with Crippen molar-refractivity contribution in [3.63, 3.8) is 0 Å². The van der Waals surface area contributed by atoms with Gasteiger partial charge >= 0.3 is 10.4 Å². The predicted molar refractivity (Wildman–Crippen MR) is 57.2 cm³/mol. The Labute approximate surface area is 97.2 Å². The molecule has 0 unspecified atom stereocenters. The molecule has 0 saturated heterocycles. The molecule has 1 aliphatic rings. The molecule has 0 saturated carbocycles. The molecule has 1 aromatic carbocycles. The second-order valence-electron chi connectivity index (χ2n) is 3.70. The zero-order valence-electron chi connectivity index (χ0n) is 8.67. The van der Waals surface area contributed by atoms with Crippen LogP contribution < -0.4 is 0 Å². The maximum absolute atomic E-state index is 12.8. The summed E-state index contributed by atoms with van der Waals surface area (Å²) in [6, 6.07) is 4.39. The summed E-state index contributed by atoms with van der Waals surface area (Å²) in [5.41, 5.74) is 0.919. The van der Waals surface area contributed by atoms with Crippen LogP contribution in [0.5, 0.6) is 0 Å². The highest BCUT2D eigenvalue weighted by molar-refractivity contribution is 7.83. The Morgan fingerprint density at radius 1 is 1.41 bits per heavy atom. The summed E-state index contributed by atoms with van der Waals surface area (Å²) in [4.78, 5) is 10.2. The van der Waals surface area contributed by atoms with Crippen LogP contribution in [0.3, 0.4) is 0 Å². The first-order valence-electron chi connectivity index (χ1n) is 4.84. The highest BCUT2D eigenvalue weighted by Gasteiger charge is 2.29. The summed E-state index contributed by atoms with van der Waals surface area (Å²) in [6.07, 6.45) is 0.148. The molecular formula is C9H9FN2O4S. The van der Waals surface area contributed by atoms with Crippen molar-refractivity contribution in [3.8, 4) is 0 Å². The van der Waals surface area contributed by atoms with E-state index in [2.05, 4.69) is 0 Å². The van der Waals surface area contributed by atoms with Crippen molar-refractivity contribution < 1.29 is 17.2 Å². The van der Waals surface area contributed by atoms with Gasteiger partial charge in [0.2, 0.25) is 0 Å². The van der Waals surface area contributed by atoms with E-state index in [-0.39, 0.29) is 25.2 Å². The lowest BCUT2D eigenvalue weighted by molar-refractivity contribution is -0.385. The molecule has 0 N–H and O–H groups in total. The summed E-state index contributed by atoms with van der Waals surface area (Å²) >= 11 is 0. The van der Waals surface area contributed by atoms with Crippen LogP contribution >= 0.6 is 0 Å². The number of hydrogen-bond donors (Lipinski definition) is 0. The van der Waals surface area contributed by atoms with Gasteiger partial charge in [-0.2, -0.15) is 12.7 Å². The van der Waals surface area contributed by atoms with Crippen LogP contribution in [0.2, 0.25) is 0 Å². The average molecular weight is 260 g/mol. The molecule has 0 fully saturated rings. The van der Waals surface area contributed by atoms with E-state index >= 15 is 0 Å². The van der Waals surface area contributed by atoms with Crippen molar-refractivity contribution in [1.29, 1.82) is 0 Å². The first kappa shape index (κ1) is 11.9. The van der Waals surface area contributed by atoms with E-state index in [4.69, 9.17) is 0 Å².